The van der Waals surface area contributed by atoms with Crippen LogP contribution in [0.15, 0.2) is 22.7 Å². The number of benzene rings is 1. The first-order chi connectivity index (χ1) is 10.9. The summed E-state index contributed by atoms with van der Waals surface area (Å²) in [5.41, 5.74) is 0.289. The van der Waals surface area contributed by atoms with Crippen LogP contribution in [0.2, 0.25) is 0 Å². The van der Waals surface area contributed by atoms with Crippen LogP contribution in [0.25, 0.3) is 0 Å². The zero-order chi connectivity index (χ0) is 18.1. The molecule has 1 heterocycles. The van der Waals surface area contributed by atoms with E-state index in [0.717, 1.165) is 12.0 Å². The molecule has 1 aliphatic rings. The summed E-state index contributed by atoms with van der Waals surface area (Å²) in [7, 11) is 0. The number of hydrogen-bond acceptors (Lipinski definition) is 3. The lowest BCUT2D eigenvalue weighted by Gasteiger charge is -2.24. The summed E-state index contributed by atoms with van der Waals surface area (Å²) >= 11 is 3.10. The van der Waals surface area contributed by atoms with Crippen LogP contribution in [0, 0.1) is 0 Å². The maximum atomic E-state index is 12.3. The molecular formula is C16H19BrF3NO3. The summed E-state index contributed by atoms with van der Waals surface area (Å²) in [5.74, 6) is -0.234. The topological polar surface area (TPSA) is 38.8 Å². The van der Waals surface area contributed by atoms with E-state index in [0.29, 0.717) is 13.1 Å². The van der Waals surface area contributed by atoms with E-state index >= 15 is 0 Å². The number of hydrogen-bond donors (Lipinski definition) is 0. The van der Waals surface area contributed by atoms with Gasteiger partial charge in [-0.25, -0.2) is 4.79 Å². The van der Waals surface area contributed by atoms with Gasteiger partial charge in [-0.2, -0.15) is 0 Å². The van der Waals surface area contributed by atoms with Crippen LogP contribution in [0.1, 0.15) is 38.7 Å². The van der Waals surface area contributed by atoms with Crippen LogP contribution in [-0.4, -0.2) is 36.0 Å². The van der Waals surface area contributed by atoms with Crippen LogP contribution >= 0.6 is 15.9 Å². The van der Waals surface area contributed by atoms with E-state index in [9.17, 15) is 18.0 Å². The van der Waals surface area contributed by atoms with Gasteiger partial charge in [0.1, 0.15) is 11.4 Å². The first-order valence-corrected chi connectivity index (χ1v) is 8.27. The molecule has 0 aromatic heterocycles. The van der Waals surface area contributed by atoms with Gasteiger partial charge in [0.15, 0.2) is 0 Å². The lowest BCUT2D eigenvalue weighted by molar-refractivity contribution is -0.274. The summed E-state index contributed by atoms with van der Waals surface area (Å²) in [6, 6.07) is 4.47. The zero-order valence-electron chi connectivity index (χ0n) is 13.6. The molecule has 1 atom stereocenters. The monoisotopic (exact) mass is 409 g/mol. The minimum atomic E-state index is -4.73. The van der Waals surface area contributed by atoms with Gasteiger partial charge in [-0.3, -0.25) is 0 Å². The molecule has 1 aromatic carbocycles. The number of rotatable bonds is 2. The molecule has 24 heavy (non-hydrogen) atoms. The van der Waals surface area contributed by atoms with Crippen LogP contribution in [0.5, 0.6) is 5.75 Å². The predicted molar refractivity (Wildman–Crippen MR) is 86.0 cm³/mol. The summed E-state index contributed by atoms with van der Waals surface area (Å²) in [6.45, 7) is 6.43. The molecule has 1 unspecified atom stereocenters. The molecule has 0 spiro atoms. The minimum Gasteiger partial charge on any atom is -0.444 e. The Morgan fingerprint density at radius 2 is 1.96 bits per heavy atom. The Balaban J connectivity index is 2.03. The quantitative estimate of drug-likeness (QED) is 0.683. The van der Waals surface area contributed by atoms with Gasteiger partial charge in [0.25, 0.3) is 0 Å². The highest BCUT2D eigenvalue weighted by Gasteiger charge is 2.33. The number of alkyl halides is 3. The second kappa shape index (κ2) is 6.82. The van der Waals surface area contributed by atoms with Gasteiger partial charge in [-0.1, -0.05) is 6.07 Å². The van der Waals surface area contributed by atoms with Crippen molar-refractivity contribution < 1.29 is 27.4 Å². The predicted octanol–water partition coefficient (Wildman–Crippen LogP) is 5.07. The average molecular weight is 410 g/mol. The molecule has 4 nitrogen and oxygen atoms in total. The highest BCUT2D eigenvalue weighted by Crippen LogP contribution is 2.35. The minimum absolute atomic E-state index is 0.0498. The van der Waals surface area contributed by atoms with E-state index in [-0.39, 0.29) is 22.2 Å². The number of likely N-dealkylation sites (tertiary alicyclic amines) is 1. The highest BCUT2D eigenvalue weighted by molar-refractivity contribution is 9.10. The molecule has 0 saturated carbocycles. The number of amides is 1. The molecule has 1 aliphatic heterocycles. The third kappa shape index (κ3) is 5.29. The fraction of sp³-hybridized carbons (Fsp3) is 0.562. The van der Waals surface area contributed by atoms with Crippen molar-refractivity contribution in [3.05, 3.63) is 28.2 Å². The highest BCUT2D eigenvalue weighted by atomic mass is 79.9. The van der Waals surface area contributed by atoms with E-state index in [1.54, 1.807) is 37.8 Å². The Kier molecular flexibility index (Phi) is 5.37. The SMILES string of the molecule is CC(C)(C)OC(=O)N1CCC(c2ccc(OC(F)(F)F)c(Br)c2)C1. The van der Waals surface area contributed by atoms with Gasteiger partial charge in [0, 0.05) is 19.0 Å². The van der Waals surface area contributed by atoms with Gasteiger partial charge in [-0.05, 0) is 60.8 Å². The zero-order valence-corrected chi connectivity index (χ0v) is 15.2. The Labute approximate surface area is 147 Å². The van der Waals surface area contributed by atoms with E-state index in [2.05, 4.69) is 20.7 Å². The largest absolute Gasteiger partial charge is 0.573 e. The number of nitrogens with zero attached hydrogens (tertiary/aromatic N) is 1. The molecule has 134 valence electrons. The molecule has 1 saturated heterocycles. The smallest absolute Gasteiger partial charge is 0.444 e. The van der Waals surface area contributed by atoms with E-state index in [1.165, 1.54) is 6.07 Å². The van der Waals surface area contributed by atoms with Gasteiger partial charge in [0.2, 0.25) is 0 Å². The molecular weight excluding hydrogens is 391 g/mol. The Morgan fingerprint density at radius 3 is 2.50 bits per heavy atom. The van der Waals surface area contributed by atoms with Crippen LogP contribution in [0.4, 0.5) is 18.0 Å². The average Bonchev–Trinajstić information content (AvgIpc) is 2.87. The number of carbonyl (C=O) groups is 1. The second-order valence-electron chi connectivity index (χ2n) is 6.65. The van der Waals surface area contributed by atoms with Crippen LogP contribution in [-0.2, 0) is 4.74 Å². The van der Waals surface area contributed by atoms with E-state index in [4.69, 9.17) is 4.74 Å². The first-order valence-electron chi connectivity index (χ1n) is 7.48. The van der Waals surface area contributed by atoms with E-state index < -0.39 is 12.0 Å². The summed E-state index contributed by atoms with van der Waals surface area (Å²) in [4.78, 5) is 13.7. The normalized spacial score (nSPS) is 18.6. The van der Waals surface area contributed by atoms with Crippen molar-refractivity contribution in [2.45, 2.75) is 45.1 Å². The van der Waals surface area contributed by atoms with E-state index in [1.807, 2.05) is 0 Å². The number of halogens is 4. The van der Waals surface area contributed by atoms with Crippen LogP contribution in [0.3, 0.4) is 0 Å². The fourth-order valence-electron chi connectivity index (χ4n) is 2.50. The molecule has 1 amide bonds. The van der Waals surface area contributed by atoms with Gasteiger partial charge < -0.3 is 14.4 Å². The summed E-state index contributed by atoms with van der Waals surface area (Å²) in [6.07, 6.45) is -4.38. The summed E-state index contributed by atoms with van der Waals surface area (Å²) < 4.78 is 46.4. The van der Waals surface area contributed by atoms with Crippen molar-refractivity contribution in [2.75, 3.05) is 13.1 Å². The fourth-order valence-corrected chi connectivity index (χ4v) is 2.98. The molecule has 2 rings (SSSR count). The maximum Gasteiger partial charge on any atom is 0.573 e. The number of ether oxygens (including phenoxy) is 2. The molecule has 0 N–H and O–H groups in total. The van der Waals surface area contributed by atoms with Gasteiger partial charge in [-0.15, -0.1) is 13.2 Å². The standard InChI is InChI=1S/C16H19BrF3NO3/c1-15(2,3)24-14(22)21-7-6-11(9-21)10-4-5-13(12(17)8-10)23-16(18,19)20/h4-5,8,11H,6-7,9H2,1-3H3. The second-order valence-corrected chi connectivity index (χ2v) is 7.50. The Morgan fingerprint density at radius 1 is 1.29 bits per heavy atom. The van der Waals surface area contributed by atoms with Crippen molar-refractivity contribution in [3.8, 4) is 5.75 Å². The number of carbonyl (C=O) groups excluding carboxylic acids is 1. The molecule has 0 radical (unpaired) electrons. The van der Waals surface area contributed by atoms with Crippen molar-refractivity contribution in [3.63, 3.8) is 0 Å². The lowest BCUT2D eigenvalue weighted by Crippen LogP contribution is -2.35. The molecule has 0 aliphatic carbocycles. The molecule has 0 bridgehead atoms. The van der Waals surface area contributed by atoms with Crippen molar-refractivity contribution in [1.82, 2.24) is 4.90 Å². The van der Waals surface area contributed by atoms with Crippen molar-refractivity contribution in [2.24, 2.45) is 0 Å². The van der Waals surface area contributed by atoms with Gasteiger partial charge in [0.05, 0.1) is 4.47 Å². The Hall–Kier alpha value is -1.44. The molecule has 1 fully saturated rings. The lowest BCUT2D eigenvalue weighted by atomic mass is 9.98. The molecule has 1 aromatic rings. The maximum absolute atomic E-state index is 12.3. The summed E-state index contributed by atoms with van der Waals surface area (Å²) in [5, 5.41) is 0. The third-order valence-corrected chi connectivity index (χ3v) is 4.11. The first kappa shape index (κ1) is 18.9. The van der Waals surface area contributed by atoms with Crippen molar-refractivity contribution in [1.29, 1.82) is 0 Å². The van der Waals surface area contributed by atoms with Crippen molar-refractivity contribution >= 4 is 22.0 Å². The third-order valence-electron chi connectivity index (χ3n) is 3.49. The van der Waals surface area contributed by atoms with Crippen LogP contribution < -0.4 is 4.74 Å². The van der Waals surface area contributed by atoms with Gasteiger partial charge >= 0.3 is 12.5 Å². The Bertz CT molecular complexity index is 614. The molecule has 8 heteroatoms.